The number of likely N-dealkylation sites (N-methyl/N-ethyl adjacent to an activating group) is 1. The number of amides is 1. The van der Waals surface area contributed by atoms with Gasteiger partial charge in [-0.25, -0.2) is 9.67 Å². The Kier molecular flexibility index (Phi) is 4.60. The highest BCUT2D eigenvalue weighted by Gasteiger charge is 2.29. The summed E-state index contributed by atoms with van der Waals surface area (Å²) < 4.78 is 2.54. The fraction of sp³-hybridized carbons (Fsp3) is 0.235. The van der Waals surface area contributed by atoms with Crippen LogP contribution in [0.3, 0.4) is 0 Å². The second-order valence-electron chi connectivity index (χ2n) is 5.97. The summed E-state index contributed by atoms with van der Waals surface area (Å²) in [5, 5.41) is 4.98. The third-order valence-electron chi connectivity index (χ3n) is 3.92. The SMILES string of the molecule is CC(=O)C(C(=O)N(C)C)n1cnc2c(cnn2-c2ccc(Cl)cc2)c1=O. The number of carbonyl (C=O) groups is 2. The number of carbonyl (C=O) groups excluding carboxylic acids is 2. The van der Waals surface area contributed by atoms with E-state index in [1.165, 1.54) is 43.1 Å². The van der Waals surface area contributed by atoms with Gasteiger partial charge in [0, 0.05) is 19.1 Å². The smallest absolute Gasteiger partial charge is 0.265 e. The molecule has 0 spiro atoms. The Labute approximate surface area is 153 Å². The van der Waals surface area contributed by atoms with Crippen LogP contribution in [-0.4, -0.2) is 50.0 Å². The fourth-order valence-corrected chi connectivity index (χ4v) is 2.74. The van der Waals surface area contributed by atoms with E-state index in [4.69, 9.17) is 11.6 Å². The predicted molar refractivity (Wildman–Crippen MR) is 96.5 cm³/mol. The first-order valence-corrected chi connectivity index (χ1v) is 8.11. The number of benzene rings is 1. The van der Waals surface area contributed by atoms with E-state index in [0.717, 1.165) is 4.57 Å². The first-order chi connectivity index (χ1) is 12.3. The normalized spacial score (nSPS) is 12.2. The molecule has 0 saturated heterocycles. The Hall–Kier alpha value is -3.00. The lowest BCUT2D eigenvalue weighted by atomic mass is 10.1. The van der Waals surface area contributed by atoms with Crippen molar-refractivity contribution in [2.75, 3.05) is 14.1 Å². The van der Waals surface area contributed by atoms with E-state index >= 15 is 0 Å². The molecule has 1 amide bonds. The Balaban J connectivity index is 2.16. The minimum absolute atomic E-state index is 0.209. The zero-order chi connectivity index (χ0) is 19.0. The highest BCUT2D eigenvalue weighted by Crippen LogP contribution is 2.17. The predicted octanol–water partition coefficient (Wildman–Crippen LogP) is 1.45. The van der Waals surface area contributed by atoms with Crippen LogP contribution >= 0.6 is 11.6 Å². The van der Waals surface area contributed by atoms with Gasteiger partial charge in [-0.3, -0.25) is 19.0 Å². The molecule has 0 saturated carbocycles. The summed E-state index contributed by atoms with van der Waals surface area (Å²) in [6, 6.07) is 5.64. The van der Waals surface area contributed by atoms with Crippen LogP contribution < -0.4 is 5.56 Å². The monoisotopic (exact) mass is 373 g/mol. The largest absolute Gasteiger partial charge is 0.347 e. The van der Waals surface area contributed by atoms with Gasteiger partial charge in [0.15, 0.2) is 17.5 Å². The maximum atomic E-state index is 12.8. The molecule has 0 aliphatic carbocycles. The standard InChI is InChI=1S/C17H16ClN5O3/c1-10(24)14(17(26)21(2)3)22-9-19-15-13(16(22)25)8-20-23(15)12-6-4-11(18)5-7-12/h4-9,14H,1-3H3. The summed E-state index contributed by atoms with van der Waals surface area (Å²) in [6.45, 7) is 1.26. The van der Waals surface area contributed by atoms with Crippen LogP contribution in [0, 0.1) is 0 Å². The average Bonchev–Trinajstić information content (AvgIpc) is 3.02. The molecule has 3 aromatic rings. The zero-order valence-electron chi connectivity index (χ0n) is 14.4. The number of nitrogens with zero attached hydrogens (tertiary/aromatic N) is 5. The molecule has 0 N–H and O–H groups in total. The van der Waals surface area contributed by atoms with Gasteiger partial charge in [-0.15, -0.1) is 0 Å². The number of Topliss-reactive ketones (excluding diaryl/α,β-unsaturated/α-hetero) is 1. The van der Waals surface area contributed by atoms with Crippen LogP contribution in [0.15, 0.2) is 41.6 Å². The lowest BCUT2D eigenvalue weighted by Crippen LogP contribution is -2.40. The molecule has 0 aliphatic rings. The Morgan fingerprint density at radius 1 is 1.19 bits per heavy atom. The summed E-state index contributed by atoms with van der Waals surface area (Å²) in [4.78, 5) is 42.6. The number of rotatable bonds is 4. The van der Waals surface area contributed by atoms with E-state index in [1.54, 1.807) is 24.3 Å². The summed E-state index contributed by atoms with van der Waals surface area (Å²) >= 11 is 5.89. The van der Waals surface area contributed by atoms with Gasteiger partial charge >= 0.3 is 0 Å². The van der Waals surface area contributed by atoms with Gasteiger partial charge in [0.2, 0.25) is 0 Å². The molecule has 2 heterocycles. The molecule has 8 nitrogen and oxygen atoms in total. The Bertz CT molecular complexity index is 1050. The Morgan fingerprint density at radius 2 is 1.85 bits per heavy atom. The Morgan fingerprint density at radius 3 is 2.42 bits per heavy atom. The van der Waals surface area contributed by atoms with Gasteiger partial charge in [0.1, 0.15) is 11.7 Å². The number of aromatic nitrogens is 4. The molecule has 134 valence electrons. The summed E-state index contributed by atoms with van der Waals surface area (Å²) in [5.74, 6) is -0.942. The van der Waals surface area contributed by atoms with Crippen molar-refractivity contribution in [2.24, 2.45) is 0 Å². The number of hydrogen-bond acceptors (Lipinski definition) is 5. The molecule has 1 atom stereocenters. The van der Waals surface area contributed by atoms with Gasteiger partial charge in [-0.05, 0) is 31.2 Å². The molecule has 1 unspecified atom stereocenters. The van der Waals surface area contributed by atoms with E-state index in [0.29, 0.717) is 16.4 Å². The van der Waals surface area contributed by atoms with Crippen LogP contribution in [-0.2, 0) is 9.59 Å². The van der Waals surface area contributed by atoms with Gasteiger partial charge in [0.25, 0.3) is 11.5 Å². The van der Waals surface area contributed by atoms with Gasteiger partial charge < -0.3 is 4.90 Å². The van der Waals surface area contributed by atoms with Crippen molar-refractivity contribution >= 4 is 34.3 Å². The van der Waals surface area contributed by atoms with Crippen molar-refractivity contribution in [1.82, 2.24) is 24.2 Å². The first-order valence-electron chi connectivity index (χ1n) is 7.73. The molecular weight excluding hydrogens is 358 g/mol. The number of fused-ring (bicyclic) bond motifs is 1. The fourth-order valence-electron chi connectivity index (χ4n) is 2.61. The minimum atomic E-state index is -1.26. The lowest BCUT2D eigenvalue weighted by Gasteiger charge is -2.20. The third kappa shape index (κ3) is 2.99. The summed E-state index contributed by atoms with van der Waals surface area (Å²) in [6.07, 6.45) is 2.57. The summed E-state index contributed by atoms with van der Waals surface area (Å²) in [7, 11) is 3.04. The molecule has 0 fully saturated rings. The number of ketones is 1. The molecule has 9 heteroatoms. The van der Waals surface area contributed by atoms with Crippen LogP contribution in [0.2, 0.25) is 5.02 Å². The molecule has 3 rings (SSSR count). The van der Waals surface area contributed by atoms with E-state index in [9.17, 15) is 14.4 Å². The van der Waals surface area contributed by atoms with Crippen molar-refractivity contribution in [3.05, 3.63) is 52.2 Å². The highest BCUT2D eigenvalue weighted by molar-refractivity contribution is 6.30. The van der Waals surface area contributed by atoms with Crippen LogP contribution in [0.25, 0.3) is 16.7 Å². The maximum absolute atomic E-state index is 12.8. The molecular formula is C17H16ClN5O3. The lowest BCUT2D eigenvalue weighted by molar-refractivity contribution is -0.137. The molecule has 0 aliphatic heterocycles. The van der Waals surface area contributed by atoms with Crippen LogP contribution in [0.1, 0.15) is 13.0 Å². The quantitative estimate of drug-likeness (QED) is 0.646. The van der Waals surface area contributed by atoms with Crippen LogP contribution in [0.4, 0.5) is 0 Å². The van der Waals surface area contributed by atoms with E-state index in [2.05, 4.69) is 10.1 Å². The summed E-state index contributed by atoms with van der Waals surface area (Å²) in [5.41, 5.74) is 0.500. The third-order valence-corrected chi connectivity index (χ3v) is 4.17. The highest BCUT2D eigenvalue weighted by atomic mass is 35.5. The maximum Gasteiger partial charge on any atom is 0.265 e. The topological polar surface area (TPSA) is 90.1 Å². The number of hydrogen-bond donors (Lipinski definition) is 0. The molecule has 1 aromatic carbocycles. The molecule has 0 bridgehead atoms. The van der Waals surface area contributed by atoms with E-state index < -0.39 is 23.3 Å². The second-order valence-corrected chi connectivity index (χ2v) is 6.41. The molecule has 2 aromatic heterocycles. The van der Waals surface area contributed by atoms with Gasteiger partial charge in [-0.2, -0.15) is 5.10 Å². The van der Waals surface area contributed by atoms with E-state index in [1.807, 2.05) is 0 Å². The zero-order valence-corrected chi connectivity index (χ0v) is 15.1. The van der Waals surface area contributed by atoms with Crippen molar-refractivity contribution in [1.29, 1.82) is 0 Å². The van der Waals surface area contributed by atoms with E-state index in [-0.39, 0.29) is 5.39 Å². The average molecular weight is 374 g/mol. The van der Waals surface area contributed by atoms with Gasteiger partial charge in [-0.1, -0.05) is 11.6 Å². The van der Waals surface area contributed by atoms with Crippen LogP contribution in [0.5, 0.6) is 0 Å². The van der Waals surface area contributed by atoms with Crippen molar-refractivity contribution in [2.45, 2.75) is 13.0 Å². The van der Waals surface area contributed by atoms with Crippen molar-refractivity contribution in [3.63, 3.8) is 0 Å². The second kappa shape index (κ2) is 6.72. The minimum Gasteiger partial charge on any atom is -0.347 e. The van der Waals surface area contributed by atoms with Crippen molar-refractivity contribution < 1.29 is 9.59 Å². The molecule has 26 heavy (non-hydrogen) atoms. The number of halogens is 1. The van der Waals surface area contributed by atoms with Crippen molar-refractivity contribution in [3.8, 4) is 5.69 Å². The molecule has 0 radical (unpaired) electrons. The first kappa shape index (κ1) is 17.8. The van der Waals surface area contributed by atoms with Gasteiger partial charge in [0.05, 0.1) is 11.9 Å².